The van der Waals surface area contributed by atoms with Crippen LogP contribution in [0.25, 0.3) is 0 Å². The summed E-state index contributed by atoms with van der Waals surface area (Å²) in [5.74, 6) is 2.74. The van der Waals surface area contributed by atoms with Crippen molar-refractivity contribution in [1.82, 2.24) is 4.98 Å². The zero-order valence-corrected chi connectivity index (χ0v) is 12.9. The molecule has 1 saturated carbocycles. The lowest BCUT2D eigenvalue weighted by atomic mass is 9.68. The minimum Gasteiger partial charge on any atom is -0.487 e. The Bertz CT molecular complexity index is 564. The maximum Gasteiger partial charge on any atom is 0.255 e. The van der Waals surface area contributed by atoms with Gasteiger partial charge in [0, 0.05) is 18.0 Å². The molecule has 0 spiro atoms. The maximum absolute atomic E-state index is 12.3. The van der Waals surface area contributed by atoms with Crippen LogP contribution in [0.4, 0.5) is 0 Å². The molecule has 1 N–H and O–H groups in total. The second-order valence-electron chi connectivity index (χ2n) is 7.06. The third-order valence-corrected chi connectivity index (χ3v) is 5.43. The van der Waals surface area contributed by atoms with E-state index in [0.717, 1.165) is 24.2 Å². The number of pyridine rings is 1. The second-order valence-corrected chi connectivity index (χ2v) is 7.06. The first kappa shape index (κ1) is 13.7. The number of H-pyrrole nitrogens is 1. The number of aromatic nitrogens is 1. The zero-order valence-electron chi connectivity index (χ0n) is 12.9. The molecule has 0 saturated heterocycles. The van der Waals surface area contributed by atoms with Crippen LogP contribution in [-0.2, 0) is 0 Å². The van der Waals surface area contributed by atoms with Gasteiger partial charge in [-0.2, -0.15) is 0 Å². The van der Waals surface area contributed by atoms with Crippen molar-refractivity contribution in [2.24, 2.45) is 17.8 Å². The smallest absolute Gasteiger partial charge is 0.255 e. The third kappa shape index (κ3) is 1.90. The molecule has 20 heavy (non-hydrogen) atoms. The summed E-state index contributed by atoms with van der Waals surface area (Å²) in [6, 6.07) is 1.93. The van der Waals surface area contributed by atoms with Crippen molar-refractivity contribution >= 4 is 0 Å². The highest BCUT2D eigenvalue weighted by Crippen LogP contribution is 2.54. The van der Waals surface area contributed by atoms with Crippen LogP contribution >= 0.6 is 0 Å². The van der Waals surface area contributed by atoms with Gasteiger partial charge in [0.2, 0.25) is 0 Å². The minimum absolute atomic E-state index is 0.0365. The Balaban J connectivity index is 2.22. The Morgan fingerprint density at radius 2 is 2.20 bits per heavy atom. The molecular formula is C17H25NO2. The fraction of sp³-hybridized carbons (Fsp3) is 0.706. The molecule has 1 aliphatic carbocycles. The number of nitrogens with one attached hydrogen (secondary N) is 1. The molecule has 2 bridgehead atoms. The molecule has 0 unspecified atom stereocenters. The molecule has 1 aromatic rings. The van der Waals surface area contributed by atoms with E-state index in [1.807, 2.05) is 6.07 Å². The van der Waals surface area contributed by atoms with Gasteiger partial charge in [-0.15, -0.1) is 0 Å². The van der Waals surface area contributed by atoms with Crippen molar-refractivity contribution in [3.63, 3.8) is 0 Å². The summed E-state index contributed by atoms with van der Waals surface area (Å²) in [6.45, 7) is 9.08. The van der Waals surface area contributed by atoms with Gasteiger partial charge in [0.1, 0.15) is 11.4 Å². The number of aromatic amines is 1. The third-order valence-electron chi connectivity index (χ3n) is 5.43. The minimum atomic E-state index is -0.135. The number of fused-ring (bicyclic) bond motifs is 4. The summed E-state index contributed by atoms with van der Waals surface area (Å²) in [5, 5.41) is 0. The van der Waals surface area contributed by atoms with E-state index < -0.39 is 0 Å². The molecule has 2 aliphatic rings. The van der Waals surface area contributed by atoms with Gasteiger partial charge in [-0.05, 0) is 44.1 Å². The van der Waals surface area contributed by atoms with Gasteiger partial charge < -0.3 is 9.72 Å². The number of ether oxygens (including phenoxy) is 1. The molecule has 5 atom stereocenters. The van der Waals surface area contributed by atoms with Crippen molar-refractivity contribution in [1.29, 1.82) is 0 Å². The Kier molecular flexibility index (Phi) is 3.19. The van der Waals surface area contributed by atoms with E-state index in [-0.39, 0.29) is 11.2 Å². The fourth-order valence-corrected chi connectivity index (χ4v) is 4.90. The molecule has 3 rings (SSSR count). The van der Waals surface area contributed by atoms with E-state index in [4.69, 9.17) is 4.74 Å². The lowest BCUT2D eigenvalue weighted by molar-refractivity contribution is -0.0192. The van der Waals surface area contributed by atoms with Crippen LogP contribution in [-0.4, -0.2) is 10.6 Å². The summed E-state index contributed by atoms with van der Waals surface area (Å²) in [7, 11) is 0. The monoisotopic (exact) mass is 275 g/mol. The van der Waals surface area contributed by atoms with Gasteiger partial charge in [0.15, 0.2) is 0 Å². The first-order chi connectivity index (χ1) is 9.46. The predicted molar refractivity (Wildman–Crippen MR) is 80.2 cm³/mol. The topological polar surface area (TPSA) is 42.1 Å². The van der Waals surface area contributed by atoms with Crippen LogP contribution in [0, 0.1) is 17.8 Å². The Labute approximate surface area is 120 Å². The molecule has 0 aromatic carbocycles. The van der Waals surface area contributed by atoms with E-state index in [0.29, 0.717) is 23.7 Å². The van der Waals surface area contributed by atoms with Gasteiger partial charge in [-0.25, -0.2) is 0 Å². The highest BCUT2D eigenvalue weighted by Gasteiger charge is 2.51. The van der Waals surface area contributed by atoms with Crippen molar-refractivity contribution in [2.45, 2.75) is 58.5 Å². The van der Waals surface area contributed by atoms with Crippen molar-refractivity contribution in [3.8, 4) is 5.75 Å². The highest BCUT2D eigenvalue weighted by atomic mass is 16.5. The molecule has 0 radical (unpaired) electrons. The van der Waals surface area contributed by atoms with E-state index in [2.05, 4.69) is 32.7 Å². The van der Waals surface area contributed by atoms with Crippen LogP contribution < -0.4 is 10.3 Å². The maximum atomic E-state index is 12.3. The molecule has 3 nitrogen and oxygen atoms in total. The quantitative estimate of drug-likeness (QED) is 0.849. The van der Waals surface area contributed by atoms with Crippen molar-refractivity contribution in [2.75, 3.05) is 0 Å². The standard InChI is InChI=1S/C17H25NO2/c1-5-12-14-11(3)8-10(2)9-17(12,4)20-13-6-7-18-16(19)15(13)14/h6-7,10-12,14H,5,8-9H2,1-4H3,(H,18,19)/t10-,11-,12+,14+,17-/m1/s1. The Morgan fingerprint density at radius 1 is 1.45 bits per heavy atom. The lowest BCUT2D eigenvalue weighted by Gasteiger charge is -2.46. The van der Waals surface area contributed by atoms with Crippen LogP contribution in [0.15, 0.2) is 17.1 Å². The summed E-state index contributed by atoms with van der Waals surface area (Å²) in [6.07, 6.45) is 5.02. The van der Waals surface area contributed by atoms with Crippen LogP contribution in [0.1, 0.15) is 58.4 Å². The summed E-state index contributed by atoms with van der Waals surface area (Å²) >= 11 is 0. The first-order valence-corrected chi connectivity index (χ1v) is 7.87. The van der Waals surface area contributed by atoms with Gasteiger partial charge in [-0.1, -0.05) is 20.8 Å². The summed E-state index contributed by atoms with van der Waals surface area (Å²) < 4.78 is 6.35. The molecule has 110 valence electrons. The normalized spacial score (nSPS) is 39.6. The van der Waals surface area contributed by atoms with E-state index >= 15 is 0 Å². The van der Waals surface area contributed by atoms with Crippen molar-refractivity contribution in [3.05, 3.63) is 28.2 Å². The summed E-state index contributed by atoms with van der Waals surface area (Å²) in [4.78, 5) is 15.2. The van der Waals surface area contributed by atoms with E-state index in [1.165, 1.54) is 6.42 Å². The van der Waals surface area contributed by atoms with Gasteiger partial charge in [0.05, 0.1) is 5.56 Å². The zero-order chi connectivity index (χ0) is 14.5. The molecule has 0 amide bonds. The summed E-state index contributed by atoms with van der Waals surface area (Å²) in [5.41, 5.74) is 0.789. The fourth-order valence-electron chi connectivity index (χ4n) is 4.90. The largest absolute Gasteiger partial charge is 0.487 e. The van der Waals surface area contributed by atoms with Crippen LogP contribution in [0.5, 0.6) is 5.75 Å². The number of hydrogen-bond acceptors (Lipinski definition) is 2. The Hall–Kier alpha value is -1.25. The van der Waals surface area contributed by atoms with E-state index in [9.17, 15) is 4.79 Å². The molecular weight excluding hydrogens is 250 g/mol. The molecule has 3 heteroatoms. The van der Waals surface area contributed by atoms with Gasteiger partial charge >= 0.3 is 0 Å². The first-order valence-electron chi connectivity index (χ1n) is 7.87. The molecule has 1 aromatic heterocycles. The SMILES string of the molecule is CC[C@H]1[C@H]2c3c(cc[nH]c3=O)O[C@]1(C)C[C@H](C)C[C@H]2C. The average molecular weight is 275 g/mol. The Morgan fingerprint density at radius 3 is 2.90 bits per heavy atom. The second kappa shape index (κ2) is 4.64. The average Bonchev–Trinajstić information content (AvgIpc) is 2.41. The lowest BCUT2D eigenvalue weighted by Crippen LogP contribution is -2.48. The molecule has 2 heterocycles. The molecule has 1 fully saturated rings. The van der Waals surface area contributed by atoms with Gasteiger partial charge in [-0.3, -0.25) is 4.79 Å². The highest BCUT2D eigenvalue weighted by molar-refractivity contribution is 5.38. The van der Waals surface area contributed by atoms with Crippen molar-refractivity contribution < 1.29 is 4.74 Å². The van der Waals surface area contributed by atoms with Crippen LogP contribution in [0.3, 0.4) is 0 Å². The number of hydrogen-bond donors (Lipinski definition) is 1. The van der Waals surface area contributed by atoms with Crippen LogP contribution in [0.2, 0.25) is 0 Å². The van der Waals surface area contributed by atoms with Gasteiger partial charge in [0.25, 0.3) is 5.56 Å². The molecule has 1 aliphatic heterocycles. The van der Waals surface area contributed by atoms with E-state index in [1.54, 1.807) is 6.20 Å². The number of rotatable bonds is 1. The predicted octanol–water partition coefficient (Wildman–Crippen LogP) is 3.70.